The van der Waals surface area contributed by atoms with Crippen molar-refractivity contribution in [3.8, 4) is 0 Å². The number of methoxy groups -OCH3 is 1. The fourth-order valence-electron chi connectivity index (χ4n) is 1.22. The molecule has 1 fully saturated rings. The summed E-state index contributed by atoms with van der Waals surface area (Å²) in [5.41, 5.74) is 6.36. The van der Waals surface area contributed by atoms with Gasteiger partial charge in [-0.3, -0.25) is 9.35 Å². The second-order valence-corrected chi connectivity index (χ2v) is 5.84. The Morgan fingerprint density at radius 3 is 2.00 bits per heavy atom. The SMILES string of the molecule is C=C[C@@H]1C[C@H]1N.COC=O.Cc1ccc(S(=O)(=O)O)cc1. The van der Waals surface area contributed by atoms with E-state index in [1.807, 2.05) is 13.0 Å². The second kappa shape index (κ2) is 9.28. The van der Waals surface area contributed by atoms with Crippen molar-refractivity contribution in [2.24, 2.45) is 11.7 Å². The molecule has 0 radical (unpaired) electrons. The molecule has 0 spiro atoms. The number of benzene rings is 1. The van der Waals surface area contributed by atoms with Crippen molar-refractivity contribution in [1.82, 2.24) is 0 Å². The molecule has 2 rings (SSSR count). The number of aryl methyl sites for hydroxylation is 1. The maximum atomic E-state index is 10.5. The summed E-state index contributed by atoms with van der Waals surface area (Å²) in [5, 5.41) is 0. The van der Waals surface area contributed by atoms with E-state index >= 15 is 0 Å². The molecular weight excluding hydrogens is 294 g/mol. The van der Waals surface area contributed by atoms with Crippen LogP contribution in [0, 0.1) is 12.8 Å². The molecule has 1 saturated carbocycles. The quantitative estimate of drug-likeness (QED) is 0.498. The molecule has 7 heteroatoms. The second-order valence-electron chi connectivity index (χ2n) is 4.42. The minimum Gasteiger partial charge on any atom is -0.471 e. The van der Waals surface area contributed by atoms with Crippen LogP contribution in [-0.4, -0.2) is 32.6 Å². The monoisotopic (exact) mass is 315 g/mol. The third-order valence-electron chi connectivity index (χ3n) is 2.61. The summed E-state index contributed by atoms with van der Waals surface area (Å²) in [6.45, 7) is 5.81. The summed E-state index contributed by atoms with van der Waals surface area (Å²) in [5.74, 6) is 0.644. The molecular formula is C14H21NO5S. The average molecular weight is 315 g/mol. The molecule has 0 amide bonds. The predicted molar refractivity (Wildman–Crippen MR) is 80.3 cm³/mol. The van der Waals surface area contributed by atoms with E-state index in [0.29, 0.717) is 18.4 Å². The summed E-state index contributed by atoms with van der Waals surface area (Å²) < 4.78 is 33.4. The molecule has 0 aromatic heterocycles. The number of carbonyl (C=O) groups excluding carboxylic acids is 1. The van der Waals surface area contributed by atoms with Gasteiger partial charge in [-0.1, -0.05) is 23.8 Å². The van der Waals surface area contributed by atoms with E-state index in [9.17, 15) is 8.42 Å². The van der Waals surface area contributed by atoms with Crippen LogP contribution < -0.4 is 5.73 Å². The van der Waals surface area contributed by atoms with Crippen molar-refractivity contribution in [2.45, 2.75) is 24.3 Å². The van der Waals surface area contributed by atoms with Gasteiger partial charge in [-0.05, 0) is 31.4 Å². The third kappa shape index (κ3) is 8.96. The molecule has 3 N–H and O–H groups in total. The van der Waals surface area contributed by atoms with Gasteiger partial charge in [0.1, 0.15) is 0 Å². The zero-order valence-electron chi connectivity index (χ0n) is 12.1. The summed E-state index contributed by atoms with van der Waals surface area (Å²) in [6, 6.07) is 6.43. The lowest BCUT2D eigenvalue weighted by molar-refractivity contribution is -0.126. The third-order valence-corrected chi connectivity index (χ3v) is 3.48. The van der Waals surface area contributed by atoms with Crippen molar-refractivity contribution < 1.29 is 22.5 Å². The Morgan fingerprint density at radius 2 is 1.81 bits per heavy atom. The van der Waals surface area contributed by atoms with E-state index in [4.69, 9.17) is 15.1 Å². The molecule has 2 atom stereocenters. The van der Waals surface area contributed by atoms with Crippen molar-refractivity contribution in [3.63, 3.8) is 0 Å². The van der Waals surface area contributed by atoms with Gasteiger partial charge in [0, 0.05) is 6.04 Å². The van der Waals surface area contributed by atoms with Crippen molar-refractivity contribution in [3.05, 3.63) is 42.5 Å². The number of hydrogen-bond acceptors (Lipinski definition) is 5. The molecule has 1 aromatic carbocycles. The van der Waals surface area contributed by atoms with Gasteiger partial charge in [-0.2, -0.15) is 8.42 Å². The Morgan fingerprint density at radius 1 is 1.38 bits per heavy atom. The van der Waals surface area contributed by atoms with Crippen LogP contribution in [0.4, 0.5) is 0 Å². The van der Waals surface area contributed by atoms with Crippen LogP contribution >= 0.6 is 0 Å². The number of nitrogens with two attached hydrogens (primary N) is 1. The Balaban J connectivity index is 0.000000335. The first-order valence-electron chi connectivity index (χ1n) is 6.15. The van der Waals surface area contributed by atoms with Crippen molar-refractivity contribution in [2.75, 3.05) is 7.11 Å². The van der Waals surface area contributed by atoms with Crippen LogP contribution in [0.1, 0.15) is 12.0 Å². The highest BCUT2D eigenvalue weighted by Gasteiger charge is 2.29. The van der Waals surface area contributed by atoms with Crippen LogP contribution in [-0.2, 0) is 19.6 Å². The first-order chi connectivity index (χ1) is 9.76. The van der Waals surface area contributed by atoms with E-state index in [1.54, 1.807) is 12.1 Å². The highest BCUT2D eigenvalue weighted by Crippen LogP contribution is 2.27. The molecule has 1 aromatic rings. The van der Waals surface area contributed by atoms with E-state index in [-0.39, 0.29) is 4.90 Å². The van der Waals surface area contributed by atoms with E-state index in [1.165, 1.54) is 19.2 Å². The number of rotatable bonds is 3. The first-order valence-corrected chi connectivity index (χ1v) is 7.59. The van der Waals surface area contributed by atoms with Crippen LogP contribution in [0.25, 0.3) is 0 Å². The van der Waals surface area contributed by atoms with Gasteiger partial charge in [0.05, 0.1) is 12.0 Å². The first kappa shape index (κ1) is 19.3. The van der Waals surface area contributed by atoms with Gasteiger partial charge in [0.15, 0.2) is 0 Å². The maximum Gasteiger partial charge on any atom is 0.294 e. The Labute approximate surface area is 125 Å². The predicted octanol–water partition coefficient (Wildman–Crippen LogP) is 1.55. The van der Waals surface area contributed by atoms with Crippen LogP contribution in [0.5, 0.6) is 0 Å². The molecule has 0 bridgehead atoms. The molecule has 1 aliphatic carbocycles. The fourth-order valence-corrected chi connectivity index (χ4v) is 1.70. The molecule has 0 saturated heterocycles. The van der Waals surface area contributed by atoms with Gasteiger partial charge in [0.25, 0.3) is 16.6 Å². The summed E-state index contributed by atoms with van der Waals surface area (Å²) in [6.07, 6.45) is 3.08. The number of ether oxygens (including phenoxy) is 1. The molecule has 6 nitrogen and oxygen atoms in total. The molecule has 118 valence electrons. The van der Waals surface area contributed by atoms with Gasteiger partial charge >= 0.3 is 0 Å². The van der Waals surface area contributed by atoms with Crippen LogP contribution in [0.3, 0.4) is 0 Å². The highest BCUT2D eigenvalue weighted by molar-refractivity contribution is 7.85. The fraction of sp³-hybridized carbons (Fsp3) is 0.357. The molecule has 0 heterocycles. The lowest BCUT2D eigenvalue weighted by atomic mass is 10.2. The van der Waals surface area contributed by atoms with Crippen LogP contribution in [0.2, 0.25) is 0 Å². The Bertz CT molecular complexity index is 539. The maximum absolute atomic E-state index is 10.5. The van der Waals surface area contributed by atoms with Crippen LogP contribution in [0.15, 0.2) is 41.8 Å². The summed E-state index contributed by atoms with van der Waals surface area (Å²) in [4.78, 5) is 8.88. The molecule has 0 unspecified atom stereocenters. The number of carbonyl (C=O) groups is 1. The lowest BCUT2D eigenvalue weighted by Gasteiger charge is -1.95. The van der Waals surface area contributed by atoms with E-state index in [2.05, 4.69) is 11.3 Å². The summed E-state index contributed by atoms with van der Waals surface area (Å²) >= 11 is 0. The van der Waals surface area contributed by atoms with Gasteiger partial charge in [-0.25, -0.2) is 0 Å². The zero-order chi connectivity index (χ0) is 16.5. The van der Waals surface area contributed by atoms with Crippen molar-refractivity contribution in [1.29, 1.82) is 0 Å². The topological polar surface area (TPSA) is 107 Å². The Hall–Kier alpha value is -1.70. The largest absolute Gasteiger partial charge is 0.471 e. The Kier molecular flexibility index (Phi) is 8.52. The summed E-state index contributed by atoms with van der Waals surface area (Å²) in [7, 11) is -2.71. The molecule has 0 aliphatic heterocycles. The zero-order valence-corrected chi connectivity index (χ0v) is 12.9. The van der Waals surface area contributed by atoms with Gasteiger partial charge < -0.3 is 10.5 Å². The minimum atomic E-state index is -4.02. The standard InChI is InChI=1S/C7H8O3S.C5H9N.C2H4O2/c1-6-2-4-7(5-3-6)11(8,9)10;1-2-4-3-5(4)6;1-4-2-3/h2-5H,1H3,(H,8,9,10);2,4-5H,1,3,6H2;2H,1H3/t;4-,5-;/m.1./s1. The van der Waals surface area contributed by atoms with E-state index < -0.39 is 10.1 Å². The van der Waals surface area contributed by atoms with E-state index in [0.717, 1.165) is 12.0 Å². The van der Waals surface area contributed by atoms with Gasteiger partial charge in [0.2, 0.25) is 0 Å². The van der Waals surface area contributed by atoms with Crippen molar-refractivity contribution >= 4 is 16.6 Å². The number of hydrogen-bond donors (Lipinski definition) is 2. The van der Waals surface area contributed by atoms with Gasteiger partial charge in [-0.15, -0.1) is 6.58 Å². The lowest BCUT2D eigenvalue weighted by Crippen LogP contribution is -1.99. The highest BCUT2D eigenvalue weighted by atomic mass is 32.2. The molecule has 21 heavy (non-hydrogen) atoms. The smallest absolute Gasteiger partial charge is 0.294 e. The molecule has 1 aliphatic rings. The minimum absolute atomic E-state index is 0.0666. The normalized spacial score (nSPS) is 19.0. The average Bonchev–Trinajstić information content (AvgIpc) is 3.15.